The van der Waals surface area contributed by atoms with E-state index < -0.39 is 23.5 Å². The van der Waals surface area contributed by atoms with E-state index in [4.69, 9.17) is 11.6 Å². The number of nitrogens with zero attached hydrogens (tertiary/aromatic N) is 4. The zero-order chi connectivity index (χ0) is 25.1. The number of likely N-dealkylation sites (N-methyl/N-ethyl adjacent to an activating group) is 1. The van der Waals surface area contributed by atoms with Crippen LogP contribution in [0.3, 0.4) is 0 Å². The number of aliphatic hydroxyl groups excluding tert-OH is 1. The smallest absolute Gasteiger partial charge is 0.266 e. The lowest BCUT2D eigenvalue weighted by Gasteiger charge is -2.27. The Hall–Kier alpha value is -2.89. The molecule has 1 aliphatic carbocycles. The lowest BCUT2D eigenvalue weighted by Crippen LogP contribution is -2.42. The Morgan fingerprint density at radius 3 is 2.56 bits per heavy atom. The third-order valence-electron chi connectivity index (χ3n) is 5.61. The Balaban J connectivity index is 2.07. The molecule has 3 amide bonds. The van der Waals surface area contributed by atoms with Gasteiger partial charge in [-0.05, 0) is 31.0 Å². The van der Waals surface area contributed by atoms with Gasteiger partial charge in [-0.25, -0.2) is 5.01 Å². The number of amides is 3. The highest BCUT2D eigenvalue weighted by Gasteiger charge is 2.29. The van der Waals surface area contributed by atoms with Gasteiger partial charge >= 0.3 is 0 Å². The number of hydrogen-bond acceptors (Lipinski definition) is 8. The number of rotatable bonds is 11. The van der Waals surface area contributed by atoms with E-state index in [0.717, 1.165) is 41.8 Å². The number of hydrogen-bond donors (Lipinski definition) is 3. The lowest BCUT2D eigenvalue weighted by atomic mass is 9.94. The van der Waals surface area contributed by atoms with Crippen molar-refractivity contribution in [3.05, 3.63) is 33.7 Å². The predicted octanol–water partition coefficient (Wildman–Crippen LogP) is 1.69. The number of benzene rings is 1. The molecule has 1 unspecified atom stereocenters. The average Bonchev–Trinajstić information content (AvgIpc) is 3.03. The summed E-state index contributed by atoms with van der Waals surface area (Å²) in [6, 6.07) is 4.24. The molecule has 1 aromatic carbocycles. The summed E-state index contributed by atoms with van der Waals surface area (Å²) in [6.07, 6.45) is 5.24. The third kappa shape index (κ3) is 8.15. The van der Waals surface area contributed by atoms with E-state index >= 15 is 0 Å². The second-order valence-corrected chi connectivity index (χ2v) is 8.77. The van der Waals surface area contributed by atoms with Gasteiger partial charge in [-0.1, -0.05) is 42.5 Å². The first kappa shape index (κ1) is 27.4. The molecule has 0 radical (unpaired) electrons. The molecule has 1 atom stereocenters. The quantitative estimate of drug-likeness (QED) is 0.140. The maximum Gasteiger partial charge on any atom is 0.266 e. The van der Waals surface area contributed by atoms with Gasteiger partial charge in [0.15, 0.2) is 0 Å². The normalized spacial score (nSPS) is 16.4. The van der Waals surface area contributed by atoms with Gasteiger partial charge in [-0.2, -0.15) is 10.0 Å². The van der Waals surface area contributed by atoms with E-state index in [9.17, 15) is 29.5 Å². The summed E-state index contributed by atoms with van der Waals surface area (Å²) in [5.74, 6) is -1.13. The van der Waals surface area contributed by atoms with Crippen LogP contribution >= 0.6 is 11.6 Å². The van der Waals surface area contributed by atoms with Crippen LogP contribution in [0.25, 0.3) is 0 Å². The molecule has 12 heteroatoms. The number of nitroso groups, excluding NO2 is 1. The molecule has 1 aliphatic rings. The van der Waals surface area contributed by atoms with E-state index in [-0.39, 0.29) is 35.9 Å². The first-order chi connectivity index (χ1) is 16.2. The third-order valence-corrected chi connectivity index (χ3v) is 5.94. The van der Waals surface area contributed by atoms with E-state index in [1.807, 2.05) is 0 Å². The summed E-state index contributed by atoms with van der Waals surface area (Å²) in [7, 11) is 1.39. The van der Waals surface area contributed by atoms with Gasteiger partial charge in [0.1, 0.15) is 12.8 Å². The number of aliphatic hydroxyl groups is 2. The molecule has 0 aromatic heterocycles. The second-order valence-electron chi connectivity index (χ2n) is 8.36. The maximum absolute atomic E-state index is 12.7. The predicted molar refractivity (Wildman–Crippen MR) is 128 cm³/mol. The number of anilines is 1. The standard InChI is InChI=1S/C22H30ClN5O6/c1-27(13-17(30)11-26-34)20(31)12-25-28(15-29)16-6-7-19(23)18(10-16)21(32)24-14-22(33)8-4-2-3-5-9-22/h6-7,10,12,15,17,30,33H,2-5,8-9,11,13-14H2,1H3,(H,24,32)/b25-12-. The van der Waals surface area contributed by atoms with Crippen LogP contribution in [0.1, 0.15) is 48.9 Å². The van der Waals surface area contributed by atoms with Gasteiger partial charge in [-0.3, -0.25) is 14.4 Å². The van der Waals surface area contributed by atoms with Crippen molar-refractivity contribution in [1.29, 1.82) is 0 Å². The number of halogens is 1. The highest BCUT2D eigenvalue weighted by Crippen LogP contribution is 2.27. The minimum Gasteiger partial charge on any atom is -0.389 e. The highest BCUT2D eigenvalue weighted by atomic mass is 35.5. The fraction of sp³-hybridized carbons (Fsp3) is 0.545. The Kier molecular flexibility index (Phi) is 10.6. The van der Waals surface area contributed by atoms with Crippen molar-refractivity contribution in [2.75, 3.05) is 31.7 Å². The maximum atomic E-state index is 12.7. The van der Waals surface area contributed by atoms with Gasteiger partial charge < -0.3 is 20.4 Å². The molecule has 0 saturated heterocycles. The Labute approximate surface area is 202 Å². The number of nitrogens with one attached hydrogen (secondary N) is 1. The van der Waals surface area contributed by atoms with Gasteiger partial charge in [0.25, 0.3) is 11.8 Å². The molecular formula is C22H30ClN5O6. The molecule has 1 saturated carbocycles. The van der Waals surface area contributed by atoms with Crippen LogP contribution in [0, 0.1) is 4.91 Å². The van der Waals surface area contributed by atoms with Crippen LogP contribution in [0.4, 0.5) is 5.69 Å². The average molecular weight is 496 g/mol. The number of hydrazone groups is 1. The van der Waals surface area contributed by atoms with Crippen molar-refractivity contribution >= 4 is 41.7 Å². The first-order valence-electron chi connectivity index (χ1n) is 11.0. The van der Waals surface area contributed by atoms with Crippen LogP contribution in [0.5, 0.6) is 0 Å². The highest BCUT2D eigenvalue weighted by molar-refractivity contribution is 6.34. The lowest BCUT2D eigenvalue weighted by molar-refractivity contribution is -0.123. The Morgan fingerprint density at radius 1 is 1.26 bits per heavy atom. The molecule has 0 aliphatic heterocycles. The zero-order valence-electron chi connectivity index (χ0n) is 19.0. The van der Waals surface area contributed by atoms with Crippen molar-refractivity contribution in [2.24, 2.45) is 10.3 Å². The van der Waals surface area contributed by atoms with Crippen molar-refractivity contribution < 1.29 is 24.6 Å². The van der Waals surface area contributed by atoms with E-state index in [1.165, 1.54) is 25.2 Å². The fourth-order valence-corrected chi connectivity index (χ4v) is 3.85. The molecule has 1 aromatic rings. The van der Waals surface area contributed by atoms with Crippen LogP contribution in [0.2, 0.25) is 5.02 Å². The van der Waals surface area contributed by atoms with Crippen LogP contribution in [0.15, 0.2) is 28.5 Å². The summed E-state index contributed by atoms with van der Waals surface area (Å²) >= 11 is 6.18. The van der Waals surface area contributed by atoms with E-state index in [1.54, 1.807) is 0 Å². The van der Waals surface area contributed by atoms with Gasteiger partial charge in [0, 0.05) is 20.1 Å². The monoisotopic (exact) mass is 495 g/mol. The summed E-state index contributed by atoms with van der Waals surface area (Å²) in [5, 5.41) is 30.4. The summed E-state index contributed by atoms with van der Waals surface area (Å²) in [4.78, 5) is 47.8. The van der Waals surface area contributed by atoms with Crippen LogP contribution < -0.4 is 10.3 Å². The largest absolute Gasteiger partial charge is 0.389 e. The van der Waals surface area contributed by atoms with Gasteiger partial charge in [-0.15, -0.1) is 0 Å². The molecule has 186 valence electrons. The Morgan fingerprint density at radius 2 is 1.94 bits per heavy atom. The zero-order valence-corrected chi connectivity index (χ0v) is 19.8. The minimum atomic E-state index is -1.12. The van der Waals surface area contributed by atoms with Crippen LogP contribution in [-0.2, 0) is 9.59 Å². The molecular weight excluding hydrogens is 466 g/mol. The minimum absolute atomic E-state index is 0.0892. The van der Waals surface area contributed by atoms with Crippen molar-refractivity contribution in [2.45, 2.75) is 50.2 Å². The van der Waals surface area contributed by atoms with Gasteiger partial charge in [0.05, 0.1) is 28.0 Å². The van der Waals surface area contributed by atoms with Crippen LogP contribution in [-0.4, -0.2) is 77.9 Å². The van der Waals surface area contributed by atoms with Crippen molar-refractivity contribution in [3.8, 4) is 0 Å². The molecule has 3 N–H and O–H groups in total. The molecule has 0 spiro atoms. The summed E-state index contributed by atoms with van der Waals surface area (Å²) < 4.78 is 0. The number of carbonyl (C=O) groups is 3. The molecule has 34 heavy (non-hydrogen) atoms. The van der Waals surface area contributed by atoms with Crippen molar-refractivity contribution in [3.63, 3.8) is 0 Å². The topological polar surface area (TPSA) is 152 Å². The fourth-order valence-electron chi connectivity index (χ4n) is 3.65. The Bertz CT molecular complexity index is 904. The SMILES string of the molecule is CN(CC(O)CN=O)C(=O)/C=N\N(C=O)c1ccc(Cl)c(C(=O)NCC2(O)CCCCCC2)c1. The molecule has 2 rings (SSSR count). The first-order valence-corrected chi connectivity index (χ1v) is 11.4. The summed E-state index contributed by atoms with van der Waals surface area (Å²) in [5.41, 5.74) is -0.682. The van der Waals surface area contributed by atoms with Gasteiger partial charge in [0.2, 0.25) is 6.41 Å². The second kappa shape index (κ2) is 13.1. The molecule has 0 bridgehead atoms. The van der Waals surface area contributed by atoms with E-state index in [0.29, 0.717) is 19.3 Å². The molecule has 11 nitrogen and oxygen atoms in total. The molecule has 1 fully saturated rings. The summed E-state index contributed by atoms with van der Waals surface area (Å²) in [6.45, 7) is -0.411. The number of carbonyl (C=O) groups excluding carboxylic acids is 3. The van der Waals surface area contributed by atoms with E-state index in [2.05, 4.69) is 15.6 Å². The molecule has 0 heterocycles. The van der Waals surface area contributed by atoms with Crippen molar-refractivity contribution in [1.82, 2.24) is 10.2 Å².